The number of hydrogen-bond acceptors (Lipinski definition) is 2. The van der Waals surface area contributed by atoms with Gasteiger partial charge in [0, 0.05) is 0 Å². The minimum absolute atomic E-state index is 0.346. The van der Waals surface area contributed by atoms with E-state index in [9.17, 15) is 0 Å². The molecule has 0 aromatic heterocycles. The number of allylic oxidation sites excluding steroid dienone is 1. The summed E-state index contributed by atoms with van der Waals surface area (Å²) >= 11 is -0.346. The van der Waals surface area contributed by atoms with E-state index >= 15 is 0 Å². The number of nitriles is 1. The summed E-state index contributed by atoms with van der Waals surface area (Å²) in [6, 6.07) is 66.1. The number of nitrogens with zero attached hydrogens (tertiary/aromatic N) is 1. The van der Waals surface area contributed by atoms with E-state index in [0.29, 0.717) is 0 Å². The molecule has 230 valence electrons. The van der Waals surface area contributed by atoms with E-state index in [1.165, 1.54) is 43.8 Å². The maximum atomic E-state index is 9.00. The minimum Gasteiger partial charge on any atom is -0.0622 e. The first-order valence-electron chi connectivity index (χ1n) is 14.1. The topological polar surface area (TPSA) is 40.9 Å². The van der Waals surface area contributed by atoms with Crippen molar-refractivity contribution in [2.75, 3.05) is 0 Å². The van der Waals surface area contributed by atoms with Crippen molar-refractivity contribution in [3.8, 4) is 6.07 Å². The Morgan fingerprint density at radius 1 is 0.435 bits per heavy atom. The molecule has 6 aromatic carbocycles. The number of rotatable bonds is 6. The Hall–Kier alpha value is -3.68. The molecule has 2 nitrogen and oxygen atoms in total. The average Bonchev–Trinajstić information content (AvgIpc) is 3.13. The molecule has 0 atom stereocenters. The molecule has 0 amide bonds. The van der Waals surface area contributed by atoms with E-state index in [-0.39, 0.29) is 15.1 Å². The molecule has 0 spiro atoms. The van der Waals surface area contributed by atoms with Crippen LogP contribution in [0.1, 0.15) is 0 Å². The summed E-state index contributed by atoms with van der Waals surface area (Å²) in [5.74, 6) is 1.28. The van der Waals surface area contributed by atoms with Crippen molar-refractivity contribution in [3.63, 3.8) is 0 Å². The van der Waals surface area contributed by atoms with Crippen LogP contribution in [-0.2, 0) is 19.9 Å². The quantitative estimate of drug-likeness (QED) is 0.0744. The number of benzene rings is 6. The van der Waals surface area contributed by atoms with Crippen molar-refractivity contribution in [1.82, 2.24) is 0 Å². The Bertz CT molecular complexity index is 1430. The molecule has 0 heterocycles. The zero-order valence-electron chi connectivity index (χ0n) is 24.8. The molecular formula is C39H31Cl2NOP2Ru. The van der Waals surface area contributed by atoms with E-state index in [0.717, 1.165) is 6.08 Å². The molecule has 0 radical (unpaired) electrons. The molecule has 0 N–H and O–H groups in total. The summed E-state index contributed by atoms with van der Waals surface area (Å²) in [5, 5.41) is 15.9. The Balaban J connectivity index is 0.000000204. The van der Waals surface area contributed by atoms with E-state index in [4.69, 9.17) is 29.4 Å². The molecule has 0 fully saturated rings. The number of carbonyl (C=O) groups excluding carboxylic acids is 1. The van der Waals surface area contributed by atoms with Crippen molar-refractivity contribution in [2.45, 2.75) is 0 Å². The third-order valence-corrected chi connectivity index (χ3v) is 11.1. The molecule has 0 bridgehead atoms. The van der Waals surface area contributed by atoms with Crippen LogP contribution in [0, 0.1) is 11.3 Å². The fourth-order valence-corrected chi connectivity index (χ4v) is 8.99. The van der Waals surface area contributed by atoms with Gasteiger partial charge < -0.3 is 0 Å². The van der Waals surface area contributed by atoms with Gasteiger partial charge in [0.15, 0.2) is 0 Å². The second-order valence-corrected chi connectivity index (χ2v) is 16.2. The largest absolute Gasteiger partial charge is 0.0622 e. The molecule has 0 unspecified atom stereocenters. The first-order valence-corrected chi connectivity index (χ1v) is 21.2. The minimum atomic E-state index is -0.446. The fourth-order valence-electron chi connectivity index (χ4n) is 4.38. The van der Waals surface area contributed by atoms with E-state index in [1.54, 1.807) is 0 Å². The third kappa shape index (κ3) is 12.6. The maximum absolute atomic E-state index is 9.00. The van der Waals surface area contributed by atoms with Crippen LogP contribution in [0.2, 0.25) is 0 Å². The number of hydrogen-bond donors (Lipinski definition) is 0. The Kier molecular flexibility index (Phi) is 18.2. The van der Waals surface area contributed by atoms with Gasteiger partial charge in [0.1, 0.15) is 12.0 Å². The van der Waals surface area contributed by atoms with Crippen LogP contribution in [0.4, 0.5) is 0 Å². The van der Waals surface area contributed by atoms with Crippen LogP contribution in [0.25, 0.3) is 0 Å². The summed E-state index contributed by atoms with van der Waals surface area (Å²) in [4.78, 5) is 9.00. The molecule has 7 heteroatoms. The van der Waals surface area contributed by atoms with Gasteiger partial charge in [-0.1, -0.05) is 182 Å². The maximum Gasteiger partial charge on any atom is -0.0134 e. The van der Waals surface area contributed by atoms with Gasteiger partial charge in [0.2, 0.25) is 0 Å². The smallest absolute Gasteiger partial charge is 0.0134 e. The van der Waals surface area contributed by atoms with Gasteiger partial charge >= 0.3 is 34.5 Å². The van der Waals surface area contributed by atoms with Gasteiger partial charge in [-0.25, -0.2) is 4.79 Å². The molecule has 0 aliphatic carbocycles. The van der Waals surface area contributed by atoms with Crippen LogP contribution in [0.3, 0.4) is 0 Å². The molecule has 0 aliphatic rings. The fraction of sp³-hybridized carbons (Fsp3) is 0. The first-order chi connectivity index (χ1) is 22.7. The molecule has 6 rings (SSSR count). The molecule has 6 aromatic rings. The predicted octanol–water partition coefficient (Wildman–Crippen LogP) is 8.16. The Morgan fingerprint density at radius 3 is 0.717 bits per heavy atom. The van der Waals surface area contributed by atoms with Crippen LogP contribution in [-0.4, -0.2) is 5.94 Å². The SMILES string of the molecule is N#CC=C=O.[Cl][Ru][Cl].c1ccc(P(c2ccccc2)c2ccccc2)cc1.c1ccc(P(c2ccccc2)c2ccccc2)cc1. The van der Waals surface area contributed by atoms with Crippen molar-refractivity contribution in [1.29, 1.82) is 5.26 Å². The van der Waals surface area contributed by atoms with Crippen LogP contribution in [0.15, 0.2) is 188 Å². The van der Waals surface area contributed by atoms with E-state index in [1.807, 2.05) is 0 Å². The van der Waals surface area contributed by atoms with Gasteiger partial charge in [0.25, 0.3) is 0 Å². The summed E-state index contributed by atoms with van der Waals surface area (Å²) < 4.78 is 0. The third-order valence-electron chi connectivity index (χ3n) is 6.21. The monoisotopic (exact) mass is 763 g/mol. The molecule has 0 saturated carbocycles. The van der Waals surface area contributed by atoms with Crippen molar-refractivity contribution in [3.05, 3.63) is 188 Å². The summed E-state index contributed by atoms with van der Waals surface area (Å²) in [6.45, 7) is 0. The van der Waals surface area contributed by atoms with Gasteiger partial charge in [-0.3, -0.25) is 0 Å². The second kappa shape index (κ2) is 22.8. The van der Waals surface area contributed by atoms with Crippen molar-refractivity contribution >= 4 is 73.0 Å². The zero-order valence-corrected chi connectivity index (χ0v) is 29.8. The summed E-state index contributed by atoms with van der Waals surface area (Å²) in [6.07, 6.45) is 0.750. The summed E-state index contributed by atoms with van der Waals surface area (Å²) in [5.41, 5.74) is 0. The van der Waals surface area contributed by atoms with Crippen LogP contribution < -0.4 is 31.8 Å². The summed E-state index contributed by atoms with van der Waals surface area (Å²) in [7, 11) is 8.82. The zero-order chi connectivity index (χ0) is 32.7. The van der Waals surface area contributed by atoms with Crippen molar-refractivity contribution < 1.29 is 19.9 Å². The van der Waals surface area contributed by atoms with Gasteiger partial charge in [0.05, 0.1) is 6.08 Å². The molecule has 46 heavy (non-hydrogen) atoms. The van der Waals surface area contributed by atoms with Gasteiger partial charge in [-0.2, -0.15) is 5.26 Å². The Labute approximate surface area is 290 Å². The van der Waals surface area contributed by atoms with E-state index < -0.39 is 15.8 Å². The molecule has 0 saturated heterocycles. The van der Waals surface area contributed by atoms with Gasteiger partial charge in [-0.05, 0) is 47.7 Å². The standard InChI is InChI=1S/2C18H15P.C3HNO.2ClH.Ru/c2*1-4-10-16(11-5-1)19(17-12-6-2-7-13-17)18-14-8-3-9-15-18;4-2-1-3-5;;;/h2*1-15H;1H;2*1H;/q;;;;;+2/p-2. The Morgan fingerprint density at radius 2 is 0.609 bits per heavy atom. The van der Waals surface area contributed by atoms with E-state index in [2.05, 4.69) is 182 Å². The normalized spacial score (nSPS) is 9.63. The first kappa shape index (κ1) is 36.8. The van der Waals surface area contributed by atoms with Crippen molar-refractivity contribution in [2.24, 2.45) is 0 Å². The molecular weight excluding hydrogens is 732 g/mol. The molecule has 0 aliphatic heterocycles. The average molecular weight is 764 g/mol. The second-order valence-electron chi connectivity index (χ2n) is 9.13. The van der Waals surface area contributed by atoms with Crippen LogP contribution >= 0.6 is 35.2 Å². The van der Waals surface area contributed by atoms with Crippen LogP contribution in [0.5, 0.6) is 0 Å². The predicted molar refractivity (Wildman–Crippen MR) is 198 cm³/mol. The number of halogens is 2. The van der Waals surface area contributed by atoms with Gasteiger partial charge in [-0.15, -0.1) is 0 Å².